The Morgan fingerprint density at radius 3 is 2.29 bits per heavy atom. The maximum Gasteiger partial charge on any atom is 0.104 e. The Labute approximate surface area is 115 Å². The van der Waals surface area contributed by atoms with Crippen LogP contribution in [0.5, 0.6) is 0 Å². The molecule has 0 spiro atoms. The van der Waals surface area contributed by atoms with E-state index in [9.17, 15) is 0 Å². The normalized spacial score (nSPS) is 11.8. The Hall–Kier alpha value is -0.670. The van der Waals surface area contributed by atoms with Crippen LogP contribution in [-0.2, 0) is 10.7 Å². The maximum absolute atomic E-state index is 4.56. The number of rotatable bonds is 2. The molecule has 1 aromatic carbocycles. The number of nitrogens with zero attached hydrogens (tertiary/aromatic N) is 1. The topological polar surface area (TPSA) is 12.9 Å². The zero-order chi connectivity index (χ0) is 12.5. The van der Waals surface area contributed by atoms with E-state index in [4.69, 9.17) is 0 Å². The number of halogens is 1. The van der Waals surface area contributed by atoms with Crippen LogP contribution in [-0.4, -0.2) is 4.98 Å². The lowest BCUT2D eigenvalue weighted by atomic mass is 9.86. The maximum atomic E-state index is 4.56. The van der Waals surface area contributed by atoms with E-state index in [1.165, 1.54) is 11.1 Å². The lowest BCUT2D eigenvalue weighted by molar-refractivity contribution is 0.590. The first-order valence-corrected chi connectivity index (χ1v) is 7.62. The Morgan fingerprint density at radius 1 is 1.18 bits per heavy atom. The van der Waals surface area contributed by atoms with Gasteiger partial charge in [-0.3, -0.25) is 0 Å². The van der Waals surface area contributed by atoms with E-state index in [0.29, 0.717) is 0 Å². The Morgan fingerprint density at radius 2 is 1.82 bits per heavy atom. The van der Waals surface area contributed by atoms with Crippen molar-refractivity contribution in [1.82, 2.24) is 4.98 Å². The van der Waals surface area contributed by atoms with Crippen molar-refractivity contribution in [3.05, 3.63) is 40.2 Å². The van der Waals surface area contributed by atoms with E-state index in [1.54, 1.807) is 11.3 Å². The molecule has 1 aromatic heterocycles. The molecule has 0 fully saturated rings. The molecule has 0 radical (unpaired) electrons. The van der Waals surface area contributed by atoms with Crippen LogP contribution in [0.15, 0.2) is 29.6 Å². The highest BCUT2D eigenvalue weighted by molar-refractivity contribution is 9.08. The second-order valence-corrected chi connectivity index (χ2v) is 6.59. The van der Waals surface area contributed by atoms with E-state index >= 15 is 0 Å². The van der Waals surface area contributed by atoms with Crippen LogP contribution in [0.3, 0.4) is 0 Å². The molecule has 17 heavy (non-hydrogen) atoms. The molecule has 2 aromatic rings. The zero-order valence-electron chi connectivity index (χ0n) is 10.3. The fourth-order valence-corrected chi connectivity index (χ4v) is 2.82. The molecule has 0 unspecified atom stereocenters. The van der Waals surface area contributed by atoms with E-state index in [1.807, 2.05) is 0 Å². The van der Waals surface area contributed by atoms with Gasteiger partial charge in [-0.25, -0.2) is 4.98 Å². The van der Waals surface area contributed by atoms with Gasteiger partial charge in [-0.05, 0) is 11.0 Å². The van der Waals surface area contributed by atoms with Crippen LogP contribution in [0.1, 0.15) is 31.3 Å². The summed E-state index contributed by atoms with van der Waals surface area (Å²) < 4.78 is 0. The fourth-order valence-electron chi connectivity index (χ4n) is 1.65. The highest BCUT2D eigenvalue weighted by Gasteiger charge is 2.13. The van der Waals surface area contributed by atoms with Gasteiger partial charge in [0, 0.05) is 10.9 Å². The first-order chi connectivity index (χ1) is 8.00. The summed E-state index contributed by atoms with van der Waals surface area (Å²) in [7, 11) is 0. The van der Waals surface area contributed by atoms with Gasteiger partial charge in [-0.1, -0.05) is 61.0 Å². The van der Waals surface area contributed by atoms with Gasteiger partial charge in [0.15, 0.2) is 0 Å². The average Bonchev–Trinajstić information content (AvgIpc) is 2.76. The van der Waals surface area contributed by atoms with Crippen molar-refractivity contribution in [2.45, 2.75) is 31.5 Å². The standard InChI is InChI=1S/C14H16BrNS/c1-14(2,3)11-6-4-10(5-7-11)12-9-17-13(8-15)16-12/h4-7,9H,8H2,1-3H3. The fraction of sp³-hybridized carbons (Fsp3) is 0.357. The predicted molar refractivity (Wildman–Crippen MR) is 78.9 cm³/mol. The molecular weight excluding hydrogens is 294 g/mol. The van der Waals surface area contributed by atoms with Crippen LogP contribution < -0.4 is 0 Å². The largest absolute Gasteiger partial charge is 0.240 e. The summed E-state index contributed by atoms with van der Waals surface area (Å²) in [6, 6.07) is 8.71. The monoisotopic (exact) mass is 309 g/mol. The molecule has 0 saturated carbocycles. The number of hydrogen-bond donors (Lipinski definition) is 0. The van der Waals surface area contributed by atoms with Crippen LogP contribution in [0.4, 0.5) is 0 Å². The summed E-state index contributed by atoms with van der Waals surface area (Å²) in [5.41, 5.74) is 3.84. The van der Waals surface area contributed by atoms with Crippen molar-refractivity contribution >= 4 is 27.3 Å². The number of alkyl halides is 1. The minimum Gasteiger partial charge on any atom is -0.240 e. The molecular formula is C14H16BrNS. The molecule has 0 amide bonds. The third-order valence-electron chi connectivity index (χ3n) is 2.71. The molecule has 0 N–H and O–H groups in total. The first-order valence-electron chi connectivity index (χ1n) is 5.62. The Balaban J connectivity index is 2.29. The van der Waals surface area contributed by atoms with Crippen LogP contribution >= 0.6 is 27.3 Å². The zero-order valence-corrected chi connectivity index (χ0v) is 12.7. The SMILES string of the molecule is CC(C)(C)c1ccc(-c2csc(CBr)n2)cc1. The molecule has 90 valence electrons. The van der Waals surface area contributed by atoms with Gasteiger partial charge >= 0.3 is 0 Å². The van der Waals surface area contributed by atoms with Gasteiger partial charge in [0.1, 0.15) is 5.01 Å². The molecule has 0 atom stereocenters. The number of hydrogen-bond acceptors (Lipinski definition) is 2. The number of aromatic nitrogens is 1. The van der Waals surface area contributed by atoms with Gasteiger partial charge in [0.25, 0.3) is 0 Å². The van der Waals surface area contributed by atoms with Gasteiger partial charge < -0.3 is 0 Å². The van der Waals surface area contributed by atoms with Crippen molar-refractivity contribution in [2.75, 3.05) is 0 Å². The molecule has 2 rings (SSSR count). The second kappa shape index (κ2) is 4.91. The molecule has 0 aliphatic carbocycles. The minimum atomic E-state index is 0.210. The number of benzene rings is 1. The molecule has 0 saturated heterocycles. The van der Waals surface area contributed by atoms with Crippen molar-refractivity contribution in [2.24, 2.45) is 0 Å². The van der Waals surface area contributed by atoms with Crippen molar-refractivity contribution < 1.29 is 0 Å². The van der Waals surface area contributed by atoms with Crippen LogP contribution in [0.25, 0.3) is 11.3 Å². The van der Waals surface area contributed by atoms with Crippen molar-refractivity contribution in [3.63, 3.8) is 0 Å². The van der Waals surface area contributed by atoms with Crippen molar-refractivity contribution in [3.8, 4) is 11.3 Å². The lowest BCUT2D eigenvalue weighted by Crippen LogP contribution is -2.10. The highest BCUT2D eigenvalue weighted by atomic mass is 79.9. The Bertz CT molecular complexity index is 494. The van der Waals surface area contributed by atoms with Gasteiger partial charge in [0.05, 0.1) is 11.0 Å². The second-order valence-electron chi connectivity index (χ2n) is 5.09. The van der Waals surface area contributed by atoms with Gasteiger partial charge in [0.2, 0.25) is 0 Å². The van der Waals surface area contributed by atoms with E-state index in [-0.39, 0.29) is 5.41 Å². The van der Waals surface area contributed by atoms with E-state index < -0.39 is 0 Å². The van der Waals surface area contributed by atoms with Gasteiger partial charge in [-0.2, -0.15) is 0 Å². The quantitative estimate of drug-likeness (QED) is 0.711. The highest BCUT2D eigenvalue weighted by Crippen LogP contribution is 2.27. The lowest BCUT2D eigenvalue weighted by Gasteiger charge is -2.18. The summed E-state index contributed by atoms with van der Waals surface area (Å²) in [5.74, 6) is 0. The van der Waals surface area contributed by atoms with E-state index in [0.717, 1.165) is 16.0 Å². The summed E-state index contributed by atoms with van der Waals surface area (Å²) in [5, 5.41) is 4.07. The predicted octanol–water partition coefficient (Wildman–Crippen LogP) is 5.00. The van der Waals surface area contributed by atoms with E-state index in [2.05, 4.69) is 71.3 Å². The third-order valence-corrected chi connectivity index (χ3v) is 4.46. The van der Waals surface area contributed by atoms with Gasteiger partial charge in [-0.15, -0.1) is 11.3 Å². The molecule has 3 heteroatoms. The average molecular weight is 310 g/mol. The molecule has 0 aliphatic heterocycles. The molecule has 1 nitrogen and oxygen atoms in total. The van der Waals surface area contributed by atoms with Crippen molar-refractivity contribution in [1.29, 1.82) is 0 Å². The number of thiazole rings is 1. The summed E-state index contributed by atoms with van der Waals surface area (Å²) in [4.78, 5) is 4.56. The summed E-state index contributed by atoms with van der Waals surface area (Å²) in [6.45, 7) is 6.69. The first kappa shape index (κ1) is 12.8. The smallest absolute Gasteiger partial charge is 0.104 e. The Kier molecular flexibility index (Phi) is 3.69. The molecule has 1 heterocycles. The molecule has 0 bridgehead atoms. The summed E-state index contributed by atoms with van der Waals surface area (Å²) >= 11 is 5.13. The third kappa shape index (κ3) is 2.96. The van der Waals surface area contributed by atoms with Crippen LogP contribution in [0.2, 0.25) is 0 Å². The summed E-state index contributed by atoms with van der Waals surface area (Å²) in [6.07, 6.45) is 0. The molecule has 0 aliphatic rings. The van der Waals surface area contributed by atoms with Crippen LogP contribution in [0, 0.1) is 0 Å². The minimum absolute atomic E-state index is 0.210.